The van der Waals surface area contributed by atoms with Gasteiger partial charge in [0.05, 0.1) is 12.5 Å². The molecule has 0 aromatic carbocycles. The van der Waals surface area contributed by atoms with Gasteiger partial charge in [0.2, 0.25) is 23.6 Å². The molecule has 3 atom stereocenters. The number of hydrogen-bond acceptors (Lipinski definition) is 6. The highest BCUT2D eigenvalue weighted by Crippen LogP contribution is 2.19. The third kappa shape index (κ3) is 6.51. The summed E-state index contributed by atoms with van der Waals surface area (Å²) in [6, 6.07) is -2.99. The number of nitrogens with one attached hydrogen (secondary N) is 2. The molecule has 4 amide bonds. The van der Waals surface area contributed by atoms with E-state index in [1.54, 1.807) is 13.8 Å². The molecule has 7 N–H and O–H groups in total. The van der Waals surface area contributed by atoms with Gasteiger partial charge in [0.25, 0.3) is 0 Å². The molecular formula is C16H27N5O6. The SMILES string of the molecule is CC(C)C(N)C(=O)NC(CC(N)=O)C(=O)N1CCCC1C(=O)NCC(=O)O. The van der Waals surface area contributed by atoms with Crippen molar-refractivity contribution in [3.8, 4) is 0 Å². The summed E-state index contributed by atoms with van der Waals surface area (Å²) in [5, 5.41) is 13.3. The number of aliphatic carboxylic acids is 1. The van der Waals surface area contributed by atoms with Crippen molar-refractivity contribution in [2.45, 2.75) is 51.2 Å². The van der Waals surface area contributed by atoms with Crippen LogP contribution in [0.3, 0.4) is 0 Å². The van der Waals surface area contributed by atoms with Gasteiger partial charge >= 0.3 is 5.97 Å². The third-order valence-electron chi connectivity index (χ3n) is 4.29. The predicted octanol–water partition coefficient (Wildman–Crippen LogP) is -2.48. The van der Waals surface area contributed by atoms with Gasteiger partial charge in [0, 0.05) is 6.54 Å². The zero-order valence-corrected chi connectivity index (χ0v) is 15.4. The Balaban J connectivity index is 2.89. The van der Waals surface area contributed by atoms with Crippen molar-refractivity contribution in [1.29, 1.82) is 0 Å². The monoisotopic (exact) mass is 385 g/mol. The van der Waals surface area contributed by atoms with Gasteiger partial charge in [-0.05, 0) is 18.8 Å². The van der Waals surface area contributed by atoms with Gasteiger partial charge in [0.1, 0.15) is 18.6 Å². The van der Waals surface area contributed by atoms with Crippen LogP contribution in [0.25, 0.3) is 0 Å². The molecule has 0 radical (unpaired) electrons. The van der Waals surface area contributed by atoms with E-state index in [9.17, 15) is 24.0 Å². The van der Waals surface area contributed by atoms with Crippen LogP contribution in [-0.2, 0) is 24.0 Å². The summed E-state index contributed by atoms with van der Waals surface area (Å²) in [6.45, 7) is 3.14. The zero-order chi connectivity index (χ0) is 20.7. The fourth-order valence-corrected chi connectivity index (χ4v) is 2.76. The number of carbonyl (C=O) groups excluding carboxylic acids is 4. The number of likely N-dealkylation sites (tertiary alicyclic amines) is 1. The fraction of sp³-hybridized carbons (Fsp3) is 0.688. The molecule has 0 aromatic rings. The van der Waals surface area contributed by atoms with E-state index in [4.69, 9.17) is 16.6 Å². The quantitative estimate of drug-likeness (QED) is 0.291. The van der Waals surface area contributed by atoms with Crippen LogP contribution in [0.1, 0.15) is 33.1 Å². The summed E-state index contributed by atoms with van der Waals surface area (Å²) in [6.07, 6.45) is 0.439. The van der Waals surface area contributed by atoms with Crippen molar-refractivity contribution in [3.63, 3.8) is 0 Å². The van der Waals surface area contributed by atoms with Gasteiger partial charge < -0.3 is 32.1 Å². The second-order valence-electron chi connectivity index (χ2n) is 6.80. The number of primary amides is 1. The van der Waals surface area contributed by atoms with Crippen molar-refractivity contribution in [2.75, 3.05) is 13.1 Å². The van der Waals surface area contributed by atoms with Crippen molar-refractivity contribution < 1.29 is 29.1 Å². The summed E-state index contributed by atoms with van der Waals surface area (Å²) >= 11 is 0. The van der Waals surface area contributed by atoms with Crippen LogP contribution in [0.15, 0.2) is 0 Å². The molecule has 1 aliphatic heterocycles. The molecule has 11 heteroatoms. The minimum atomic E-state index is -1.24. The summed E-state index contributed by atoms with van der Waals surface area (Å²) in [5.41, 5.74) is 10.9. The topological polar surface area (TPSA) is 185 Å². The van der Waals surface area contributed by atoms with Crippen LogP contribution in [0.4, 0.5) is 0 Å². The Morgan fingerprint density at radius 2 is 1.85 bits per heavy atom. The Hall–Kier alpha value is -2.69. The summed E-state index contributed by atoms with van der Waals surface area (Å²) < 4.78 is 0. The molecule has 1 fully saturated rings. The molecule has 0 spiro atoms. The number of carbonyl (C=O) groups is 5. The molecule has 1 aliphatic rings. The maximum absolute atomic E-state index is 12.8. The second kappa shape index (κ2) is 9.86. The molecule has 27 heavy (non-hydrogen) atoms. The number of hydrogen-bond donors (Lipinski definition) is 5. The minimum absolute atomic E-state index is 0.185. The minimum Gasteiger partial charge on any atom is -0.480 e. The van der Waals surface area contributed by atoms with Crippen LogP contribution in [0.5, 0.6) is 0 Å². The summed E-state index contributed by atoms with van der Waals surface area (Å²) in [7, 11) is 0. The van der Waals surface area contributed by atoms with Crippen LogP contribution in [0, 0.1) is 5.92 Å². The van der Waals surface area contributed by atoms with Crippen molar-refractivity contribution in [1.82, 2.24) is 15.5 Å². The third-order valence-corrected chi connectivity index (χ3v) is 4.29. The van der Waals surface area contributed by atoms with Crippen LogP contribution >= 0.6 is 0 Å². The normalized spacial score (nSPS) is 18.7. The van der Waals surface area contributed by atoms with Gasteiger partial charge in [0.15, 0.2) is 0 Å². The van der Waals surface area contributed by atoms with Crippen LogP contribution in [0.2, 0.25) is 0 Å². The van der Waals surface area contributed by atoms with E-state index in [2.05, 4.69) is 10.6 Å². The fourth-order valence-electron chi connectivity index (χ4n) is 2.76. The first kappa shape index (κ1) is 22.4. The number of rotatable bonds is 9. The molecule has 3 unspecified atom stereocenters. The number of nitrogens with zero attached hydrogens (tertiary/aromatic N) is 1. The Bertz CT molecular complexity index is 608. The number of amides is 4. The molecule has 0 bridgehead atoms. The summed E-state index contributed by atoms with van der Waals surface area (Å²) in [4.78, 5) is 60.3. The van der Waals surface area contributed by atoms with E-state index >= 15 is 0 Å². The van der Waals surface area contributed by atoms with Gasteiger partial charge in [-0.1, -0.05) is 13.8 Å². The smallest absolute Gasteiger partial charge is 0.322 e. The summed E-state index contributed by atoms with van der Waals surface area (Å²) in [5.74, 6) is -4.03. The number of nitrogens with two attached hydrogens (primary N) is 2. The maximum Gasteiger partial charge on any atom is 0.322 e. The lowest BCUT2D eigenvalue weighted by atomic mass is 10.0. The molecule has 152 valence electrons. The average Bonchev–Trinajstić information content (AvgIpc) is 3.06. The van der Waals surface area contributed by atoms with Gasteiger partial charge in [-0.15, -0.1) is 0 Å². The van der Waals surface area contributed by atoms with Crippen molar-refractivity contribution in [3.05, 3.63) is 0 Å². The van der Waals surface area contributed by atoms with E-state index in [1.807, 2.05) is 0 Å². The molecule has 0 aliphatic carbocycles. The number of carboxylic acid groups (broad SMARTS) is 1. The molecule has 1 rings (SSSR count). The maximum atomic E-state index is 12.8. The molecule has 0 saturated carbocycles. The van der Waals surface area contributed by atoms with Crippen LogP contribution < -0.4 is 22.1 Å². The van der Waals surface area contributed by atoms with E-state index < -0.39 is 60.7 Å². The van der Waals surface area contributed by atoms with Crippen molar-refractivity contribution in [2.24, 2.45) is 17.4 Å². The highest BCUT2D eigenvalue weighted by Gasteiger charge is 2.38. The Morgan fingerprint density at radius 1 is 1.22 bits per heavy atom. The van der Waals surface area contributed by atoms with Gasteiger partial charge in [-0.25, -0.2) is 0 Å². The second-order valence-corrected chi connectivity index (χ2v) is 6.80. The molecule has 0 aromatic heterocycles. The Labute approximate surface area is 156 Å². The lowest BCUT2D eigenvalue weighted by Crippen LogP contribution is -2.57. The molecular weight excluding hydrogens is 358 g/mol. The van der Waals surface area contributed by atoms with E-state index in [0.29, 0.717) is 12.8 Å². The van der Waals surface area contributed by atoms with E-state index in [0.717, 1.165) is 0 Å². The lowest BCUT2D eigenvalue weighted by molar-refractivity contribution is -0.143. The highest BCUT2D eigenvalue weighted by molar-refractivity contribution is 5.96. The van der Waals surface area contributed by atoms with E-state index in [-0.39, 0.29) is 12.5 Å². The molecule has 1 heterocycles. The average molecular weight is 385 g/mol. The number of carboxylic acids is 1. The molecule has 11 nitrogen and oxygen atoms in total. The Kier molecular flexibility index (Phi) is 8.16. The largest absolute Gasteiger partial charge is 0.480 e. The van der Waals surface area contributed by atoms with Gasteiger partial charge in [-0.3, -0.25) is 24.0 Å². The van der Waals surface area contributed by atoms with Crippen LogP contribution in [-0.4, -0.2) is 70.8 Å². The van der Waals surface area contributed by atoms with Gasteiger partial charge in [-0.2, -0.15) is 0 Å². The highest BCUT2D eigenvalue weighted by atomic mass is 16.4. The first-order valence-electron chi connectivity index (χ1n) is 8.68. The first-order chi connectivity index (χ1) is 12.5. The first-order valence-corrected chi connectivity index (χ1v) is 8.68. The Morgan fingerprint density at radius 3 is 2.37 bits per heavy atom. The predicted molar refractivity (Wildman–Crippen MR) is 93.9 cm³/mol. The van der Waals surface area contributed by atoms with Crippen molar-refractivity contribution >= 4 is 29.6 Å². The zero-order valence-electron chi connectivity index (χ0n) is 15.4. The molecule has 1 saturated heterocycles. The lowest BCUT2D eigenvalue weighted by Gasteiger charge is -2.29. The standard InChI is InChI=1S/C16H27N5O6/c1-8(2)13(18)15(26)20-9(6-11(17)22)16(27)21-5-3-4-10(21)14(25)19-7-12(23)24/h8-10,13H,3-7,18H2,1-2H3,(H2,17,22)(H,19,25)(H,20,26)(H,23,24). The van der Waals surface area contributed by atoms with E-state index in [1.165, 1.54) is 4.90 Å².